The fourth-order valence-corrected chi connectivity index (χ4v) is 2.59. The first kappa shape index (κ1) is 16.8. The van der Waals surface area contributed by atoms with E-state index in [-0.39, 0.29) is 12.3 Å². The number of carbonyl (C=O) groups excluding carboxylic acids is 1. The summed E-state index contributed by atoms with van der Waals surface area (Å²) in [6, 6.07) is 7.70. The van der Waals surface area contributed by atoms with Gasteiger partial charge in [-0.15, -0.1) is 0 Å². The summed E-state index contributed by atoms with van der Waals surface area (Å²) >= 11 is 9.53. The van der Waals surface area contributed by atoms with Crippen molar-refractivity contribution in [2.45, 2.75) is 13.8 Å². The predicted octanol–water partition coefficient (Wildman–Crippen LogP) is 4.88. The molecule has 116 valence electrons. The highest BCUT2D eigenvalue weighted by Crippen LogP contribution is 2.35. The van der Waals surface area contributed by atoms with Gasteiger partial charge >= 0.3 is 0 Å². The van der Waals surface area contributed by atoms with Crippen LogP contribution >= 0.6 is 27.5 Å². The largest absolute Gasteiger partial charge is 0.483 e. The number of ether oxygens (including phenoxy) is 1. The van der Waals surface area contributed by atoms with Crippen LogP contribution < -0.4 is 10.1 Å². The van der Waals surface area contributed by atoms with E-state index >= 15 is 0 Å². The SMILES string of the molecule is Cc1cc(OCC(=O)Nc2ccccc2F)c(Br)c(C)c1Cl. The first-order valence-corrected chi connectivity index (χ1v) is 7.69. The Balaban J connectivity index is 2.05. The van der Waals surface area contributed by atoms with Crippen molar-refractivity contribution in [3.05, 3.63) is 56.8 Å². The molecule has 0 unspecified atom stereocenters. The van der Waals surface area contributed by atoms with E-state index in [4.69, 9.17) is 16.3 Å². The third-order valence-electron chi connectivity index (χ3n) is 3.08. The topological polar surface area (TPSA) is 38.3 Å². The van der Waals surface area contributed by atoms with Gasteiger partial charge in [-0.05, 0) is 59.1 Å². The summed E-state index contributed by atoms with van der Waals surface area (Å²) in [5.41, 5.74) is 1.82. The first-order chi connectivity index (χ1) is 10.4. The van der Waals surface area contributed by atoms with Gasteiger partial charge in [0.1, 0.15) is 11.6 Å². The molecule has 0 aliphatic carbocycles. The van der Waals surface area contributed by atoms with E-state index in [1.54, 1.807) is 18.2 Å². The molecular formula is C16H14BrClFNO2. The van der Waals surface area contributed by atoms with Crippen LogP contribution in [0.5, 0.6) is 5.75 Å². The summed E-state index contributed by atoms with van der Waals surface area (Å²) in [6.07, 6.45) is 0. The van der Waals surface area contributed by atoms with Crippen LogP contribution in [0.1, 0.15) is 11.1 Å². The van der Waals surface area contributed by atoms with Crippen molar-refractivity contribution in [2.75, 3.05) is 11.9 Å². The maximum Gasteiger partial charge on any atom is 0.262 e. The molecule has 0 aromatic heterocycles. The third-order valence-corrected chi connectivity index (χ3v) is 4.64. The van der Waals surface area contributed by atoms with Gasteiger partial charge in [-0.1, -0.05) is 23.7 Å². The fourth-order valence-electron chi connectivity index (χ4n) is 1.90. The van der Waals surface area contributed by atoms with Crippen molar-refractivity contribution < 1.29 is 13.9 Å². The Hall–Kier alpha value is -1.59. The van der Waals surface area contributed by atoms with Gasteiger partial charge in [-0.25, -0.2) is 4.39 Å². The normalized spacial score (nSPS) is 10.4. The Morgan fingerprint density at radius 2 is 2.05 bits per heavy atom. The van der Waals surface area contributed by atoms with Crippen LogP contribution in [0.3, 0.4) is 0 Å². The molecule has 0 atom stereocenters. The predicted molar refractivity (Wildman–Crippen MR) is 89.2 cm³/mol. The monoisotopic (exact) mass is 385 g/mol. The molecule has 2 aromatic carbocycles. The smallest absolute Gasteiger partial charge is 0.262 e. The maximum atomic E-state index is 13.4. The number of para-hydroxylation sites is 1. The number of hydrogen-bond acceptors (Lipinski definition) is 2. The lowest BCUT2D eigenvalue weighted by atomic mass is 10.1. The molecular weight excluding hydrogens is 373 g/mol. The van der Waals surface area contributed by atoms with Gasteiger partial charge in [0.2, 0.25) is 0 Å². The van der Waals surface area contributed by atoms with Crippen LogP contribution in [-0.4, -0.2) is 12.5 Å². The van der Waals surface area contributed by atoms with Crippen molar-refractivity contribution in [2.24, 2.45) is 0 Å². The zero-order valence-electron chi connectivity index (χ0n) is 12.0. The number of rotatable bonds is 4. The van der Waals surface area contributed by atoms with Crippen LogP contribution in [0.15, 0.2) is 34.8 Å². The first-order valence-electron chi connectivity index (χ1n) is 6.52. The van der Waals surface area contributed by atoms with Gasteiger partial charge in [0.05, 0.1) is 10.2 Å². The Morgan fingerprint density at radius 3 is 2.73 bits per heavy atom. The molecule has 1 N–H and O–H groups in total. The molecule has 0 heterocycles. The van der Waals surface area contributed by atoms with E-state index in [0.29, 0.717) is 15.2 Å². The molecule has 3 nitrogen and oxygen atoms in total. The number of aryl methyl sites for hydroxylation is 1. The Morgan fingerprint density at radius 1 is 1.36 bits per heavy atom. The number of halogens is 3. The second-order valence-corrected chi connectivity index (χ2v) is 5.93. The second kappa shape index (κ2) is 7.11. The van der Waals surface area contributed by atoms with Crippen LogP contribution in [0, 0.1) is 19.7 Å². The summed E-state index contributed by atoms with van der Waals surface area (Å²) in [4.78, 5) is 11.8. The van der Waals surface area contributed by atoms with Gasteiger partial charge < -0.3 is 10.1 Å². The van der Waals surface area contributed by atoms with E-state index in [1.807, 2.05) is 13.8 Å². The fraction of sp³-hybridized carbons (Fsp3) is 0.188. The lowest BCUT2D eigenvalue weighted by molar-refractivity contribution is -0.118. The Labute approximate surface area is 141 Å². The van der Waals surface area contributed by atoms with Crippen molar-refractivity contribution in [1.29, 1.82) is 0 Å². The summed E-state index contributed by atoms with van der Waals surface area (Å²) < 4.78 is 19.6. The van der Waals surface area contributed by atoms with E-state index < -0.39 is 11.7 Å². The highest BCUT2D eigenvalue weighted by molar-refractivity contribution is 9.10. The summed E-state index contributed by atoms with van der Waals surface area (Å²) in [7, 11) is 0. The highest BCUT2D eigenvalue weighted by Gasteiger charge is 2.13. The van der Waals surface area contributed by atoms with Gasteiger partial charge in [0, 0.05) is 5.02 Å². The summed E-state index contributed by atoms with van der Waals surface area (Å²) in [5.74, 6) is -0.416. The molecule has 0 saturated heterocycles. The van der Waals surface area contributed by atoms with Crippen molar-refractivity contribution in [3.63, 3.8) is 0 Å². The average Bonchev–Trinajstić information content (AvgIpc) is 2.50. The molecule has 0 spiro atoms. The van der Waals surface area contributed by atoms with Gasteiger partial charge in [-0.2, -0.15) is 0 Å². The highest BCUT2D eigenvalue weighted by atomic mass is 79.9. The molecule has 0 aliphatic heterocycles. The molecule has 1 amide bonds. The van der Waals surface area contributed by atoms with E-state index in [2.05, 4.69) is 21.2 Å². The number of hydrogen-bond donors (Lipinski definition) is 1. The molecule has 2 aromatic rings. The standard InChI is InChI=1S/C16H14BrClFNO2/c1-9-7-13(15(17)10(2)16(9)18)22-8-14(21)20-12-6-4-3-5-11(12)19/h3-7H,8H2,1-2H3,(H,20,21). The van der Waals surface area contributed by atoms with E-state index in [0.717, 1.165) is 11.1 Å². The van der Waals surface area contributed by atoms with Crippen LogP contribution in [0.4, 0.5) is 10.1 Å². The van der Waals surface area contributed by atoms with Crippen LogP contribution in [-0.2, 0) is 4.79 Å². The lowest BCUT2D eigenvalue weighted by Crippen LogP contribution is -2.21. The van der Waals surface area contributed by atoms with Crippen LogP contribution in [0.25, 0.3) is 0 Å². The molecule has 0 bridgehead atoms. The molecule has 0 radical (unpaired) electrons. The number of anilines is 1. The third kappa shape index (κ3) is 3.78. The number of carbonyl (C=O) groups is 1. The maximum absolute atomic E-state index is 13.4. The second-order valence-electron chi connectivity index (χ2n) is 4.76. The minimum atomic E-state index is -0.491. The Kier molecular flexibility index (Phi) is 5.42. The number of nitrogens with one attached hydrogen (secondary N) is 1. The van der Waals surface area contributed by atoms with Crippen LogP contribution in [0.2, 0.25) is 5.02 Å². The Bertz CT molecular complexity index is 722. The van der Waals surface area contributed by atoms with Crippen molar-refractivity contribution in [1.82, 2.24) is 0 Å². The molecule has 0 aliphatic rings. The zero-order valence-corrected chi connectivity index (χ0v) is 14.4. The number of benzene rings is 2. The molecule has 0 fully saturated rings. The van der Waals surface area contributed by atoms with Crippen molar-refractivity contribution >= 4 is 39.1 Å². The average molecular weight is 387 g/mol. The van der Waals surface area contributed by atoms with Gasteiger partial charge in [0.15, 0.2) is 6.61 Å². The zero-order chi connectivity index (χ0) is 16.3. The molecule has 0 saturated carbocycles. The van der Waals surface area contributed by atoms with E-state index in [1.165, 1.54) is 12.1 Å². The van der Waals surface area contributed by atoms with Gasteiger partial charge in [-0.3, -0.25) is 4.79 Å². The minimum Gasteiger partial charge on any atom is -0.483 e. The quantitative estimate of drug-likeness (QED) is 0.813. The number of amides is 1. The van der Waals surface area contributed by atoms with Gasteiger partial charge in [0.25, 0.3) is 5.91 Å². The van der Waals surface area contributed by atoms with E-state index in [9.17, 15) is 9.18 Å². The van der Waals surface area contributed by atoms with Crippen molar-refractivity contribution in [3.8, 4) is 5.75 Å². The lowest BCUT2D eigenvalue weighted by Gasteiger charge is -2.13. The summed E-state index contributed by atoms with van der Waals surface area (Å²) in [6.45, 7) is 3.48. The molecule has 6 heteroatoms. The summed E-state index contributed by atoms with van der Waals surface area (Å²) in [5, 5.41) is 3.11. The molecule has 2 rings (SSSR count). The minimum absolute atomic E-state index is 0.124. The molecule has 22 heavy (non-hydrogen) atoms.